The van der Waals surface area contributed by atoms with Gasteiger partial charge in [-0.05, 0) is 37.1 Å². The van der Waals surface area contributed by atoms with Crippen molar-refractivity contribution < 1.29 is 10.0 Å². The van der Waals surface area contributed by atoms with Gasteiger partial charge >= 0.3 is 0 Å². The van der Waals surface area contributed by atoms with Crippen LogP contribution in [0.15, 0.2) is 47.6 Å². The van der Waals surface area contributed by atoms with Crippen molar-refractivity contribution in [1.29, 1.82) is 0 Å². The summed E-state index contributed by atoms with van der Waals surface area (Å²) in [6, 6.07) is 12.9. The Morgan fingerprint density at radius 3 is 2.74 bits per heavy atom. The highest BCUT2D eigenvalue weighted by Gasteiger charge is 2.16. The van der Waals surface area contributed by atoms with Gasteiger partial charge in [-0.3, -0.25) is 4.79 Å². The summed E-state index contributed by atoms with van der Waals surface area (Å²) in [5, 5.41) is 17.0. The molecule has 1 aromatic heterocycles. The topological polar surface area (TPSA) is 77.5 Å². The number of aromatic nitrogens is 1. The van der Waals surface area contributed by atoms with Gasteiger partial charge in [-0.2, -0.15) is 0 Å². The molecule has 0 aliphatic carbocycles. The summed E-state index contributed by atoms with van der Waals surface area (Å²) in [6.07, 6.45) is 1.80. The van der Waals surface area contributed by atoms with Crippen LogP contribution in [0.25, 0.3) is 10.9 Å². The molecule has 27 heavy (non-hydrogen) atoms. The zero-order valence-corrected chi connectivity index (χ0v) is 16.1. The minimum atomic E-state index is -0.169. The predicted octanol–water partition coefficient (Wildman–Crippen LogP) is 4.90. The highest BCUT2D eigenvalue weighted by molar-refractivity contribution is 6.31. The summed E-state index contributed by atoms with van der Waals surface area (Å²) in [5.41, 5.74) is 4.75. The number of H-pyrrole nitrogens is 1. The van der Waals surface area contributed by atoms with Crippen molar-refractivity contribution in [3.05, 3.63) is 69.9 Å². The quantitative estimate of drug-likeness (QED) is 0.321. The van der Waals surface area contributed by atoms with Gasteiger partial charge in [-0.1, -0.05) is 54.4 Å². The number of fused-ring (bicyclic) bond motifs is 1. The fraction of sp³-hybridized carbons (Fsp3) is 0.238. The maximum atomic E-state index is 12.5. The standard InChI is InChI=1S/C21H22ClN3O2/c1-3-6-18-20(13(2)25-27)16-10-9-14(11-19(16)24-18)21(26)23-12-15-7-4-5-8-17(15)22/h4-5,7-11,24,27H,3,6,12H2,1-2H3,(H,23,26). The van der Waals surface area contributed by atoms with Crippen LogP contribution in [0.1, 0.15) is 47.4 Å². The van der Waals surface area contributed by atoms with E-state index < -0.39 is 0 Å². The molecule has 0 aliphatic heterocycles. The predicted molar refractivity (Wildman–Crippen MR) is 109 cm³/mol. The highest BCUT2D eigenvalue weighted by atomic mass is 35.5. The van der Waals surface area contributed by atoms with Crippen molar-refractivity contribution in [3.63, 3.8) is 0 Å². The molecule has 0 bridgehead atoms. The fourth-order valence-corrected chi connectivity index (χ4v) is 3.42. The van der Waals surface area contributed by atoms with Crippen LogP contribution in [0.4, 0.5) is 0 Å². The van der Waals surface area contributed by atoms with Gasteiger partial charge < -0.3 is 15.5 Å². The molecule has 6 heteroatoms. The van der Waals surface area contributed by atoms with Crippen LogP contribution in [0.2, 0.25) is 5.02 Å². The number of aromatic amines is 1. The smallest absolute Gasteiger partial charge is 0.251 e. The number of halogens is 1. The summed E-state index contributed by atoms with van der Waals surface area (Å²) in [5.74, 6) is -0.169. The molecule has 0 aliphatic rings. The van der Waals surface area contributed by atoms with Crippen LogP contribution in [0.3, 0.4) is 0 Å². The van der Waals surface area contributed by atoms with Crippen molar-refractivity contribution in [1.82, 2.24) is 10.3 Å². The van der Waals surface area contributed by atoms with Crippen LogP contribution < -0.4 is 5.32 Å². The van der Waals surface area contributed by atoms with Crippen molar-refractivity contribution in [2.24, 2.45) is 5.16 Å². The zero-order chi connectivity index (χ0) is 19.4. The maximum Gasteiger partial charge on any atom is 0.251 e. The number of carbonyl (C=O) groups excluding carboxylic acids is 1. The Labute approximate surface area is 163 Å². The van der Waals surface area contributed by atoms with Gasteiger partial charge in [0.2, 0.25) is 0 Å². The van der Waals surface area contributed by atoms with Gasteiger partial charge in [0.25, 0.3) is 5.91 Å². The monoisotopic (exact) mass is 383 g/mol. The molecule has 0 radical (unpaired) electrons. The highest BCUT2D eigenvalue weighted by Crippen LogP contribution is 2.26. The second-order valence-corrected chi connectivity index (χ2v) is 6.86. The van der Waals surface area contributed by atoms with Gasteiger partial charge in [0.05, 0.1) is 5.71 Å². The zero-order valence-electron chi connectivity index (χ0n) is 15.3. The molecule has 0 atom stereocenters. The molecule has 0 fully saturated rings. The summed E-state index contributed by atoms with van der Waals surface area (Å²) >= 11 is 6.14. The molecule has 0 saturated heterocycles. The fourth-order valence-electron chi connectivity index (χ4n) is 3.21. The molecule has 0 saturated carbocycles. The van der Waals surface area contributed by atoms with E-state index in [1.165, 1.54) is 0 Å². The number of oxime groups is 1. The maximum absolute atomic E-state index is 12.5. The summed E-state index contributed by atoms with van der Waals surface area (Å²) < 4.78 is 0. The minimum Gasteiger partial charge on any atom is -0.411 e. The average Bonchev–Trinajstić information content (AvgIpc) is 3.04. The molecule has 5 nitrogen and oxygen atoms in total. The first-order valence-electron chi connectivity index (χ1n) is 8.90. The molecule has 2 aromatic carbocycles. The number of amides is 1. The number of nitrogens with zero attached hydrogens (tertiary/aromatic N) is 1. The molecule has 3 rings (SSSR count). The molecule has 3 aromatic rings. The number of hydrogen-bond acceptors (Lipinski definition) is 3. The Kier molecular flexibility index (Phi) is 5.81. The molecule has 1 heterocycles. The number of rotatable bonds is 6. The van der Waals surface area contributed by atoms with Crippen LogP contribution in [-0.2, 0) is 13.0 Å². The van der Waals surface area contributed by atoms with Gasteiger partial charge in [0, 0.05) is 39.3 Å². The van der Waals surface area contributed by atoms with E-state index in [1.54, 1.807) is 19.1 Å². The molecule has 0 unspecified atom stereocenters. The average molecular weight is 384 g/mol. The van der Waals surface area contributed by atoms with E-state index in [1.807, 2.05) is 30.3 Å². The van der Waals surface area contributed by atoms with E-state index in [-0.39, 0.29) is 5.91 Å². The number of aryl methyl sites for hydroxylation is 1. The van der Waals surface area contributed by atoms with E-state index in [4.69, 9.17) is 11.6 Å². The van der Waals surface area contributed by atoms with Gasteiger partial charge in [0.15, 0.2) is 0 Å². The summed E-state index contributed by atoms with van der Waals surface area (Å²) in [6.45, 7) is 4.23. The largest absolute Gasteiger partial charge is 0.411 e. The molecular formula is C21H22ClN3O2. The number of carbonyl (C=O) groups is 1. The lowest BCUT2D eigenvalue weighted by Gasteiger charge is -2.07. The number of benzene rings is 2. The lowest BCUT2D eigenvalue weighted by molar-refractivity contribution is 0.0951. The number of hydrogen-bond donors (Lipinski definition) is 3. The first-order valence-corrected chi connectivity index (χ1v) is 9.28. The third-order valence-electron chi connectivity index (χ3n) is 4.55. The van der Waals surface area contributed by atoms with Crippen molar-refractivity contribution in [2.45, 2.75) is 33.2 Å². The Morgan fingerprint density at radius 2 is 2.04 bits per heavy atom. The van der Waals surface area contributed by atoms with Crippen molar-refractivity contribution >= 4 is 34.1 Å². The van der Waals surface area contributed by atoms with Gasteiger partial charge in [-0.15, -0.1) is 0 Å². The Hall–Kier alpha value is -2.79. The van der Waals surface area contributed by atoms with Crippen LogP contribution in [-0.4, -0.2) is 21.8 Å². The lowest BCUT2D eigenvalue weighted by Crippen LogP contribution is -2.22. The van der Waals surface area contributed by atoms with E-state index >= 15 is 0 Å². The molecule has 0 spiro atoms. The Balaban J connectivity index is 1.87. The third-order valence-corrected chi connectivity index (χ3v) is 4.92. The SMILES string of the molecule is CCCc1[nH]c2cc(C(=O)NCc3ccccc3Cl)ccc2c1C(C)=NO. The first-order chi connectivity index (χ1) is 13.0. The lowest BCUT2D eigenvalue weighted by atomic mass is 10.0. The molecule has 1 amide bonds. The van der Waals surface area contributed by atoms with Gasteiger partial charge in [-0.25, -0.2) is 0 Å². The van der Waals surface area contributed by atoms with Crippen LogP contribution in [0, 0.1) is 0 Å². The Morgan fingerprint density at radius 1 is 1.26 bits per heavy atom. The molecular weight excluding hydrogens is 362 g/mol. The second kappa shape index (κ2) is 8.27. The van der Waals surface area contributed by atoms with E-state index in [0.29, 0.717) is 22.8 Å². The second-order valence-electron chi connectivity index (χ2n) is 6.45. The molecule has 140 valence electrons. The van der Waals surface area contributed by atoms with E-state index in [0.717, 1.165) is 40.6 Å². The number of nitrogens with one attached hydrogen (secondary N) is 2. The minimum absolute atomic E-state index is 0.169. The summed E-state index contributed by atoms with van der Waals surface area (Å²) in [7, 11) is 0. The third kappa shape index (κ3) is 3.98. The Bertz CT molecular complexity index is 1010. The van der Waals surface area contributed by atoms with Crippen LogP contribution in [0.5, 0.6) is 0 Å². The normalized spacial score (nSPS) is 11.7. The van der Waals surface area contributed by atoms with Gasteiger partial charge in [0.1, 0.15) is 0 Å². The van der Waals surface area contributed by atoms with E-state index in [2.05, 4.69) is 22.4 Å². The van der Waals surface area contributed by atoms with Crippen molar-refractivity contribution in [2.75, 3.05) is 0 Å². The summed E-state index contributed by atoms with van der Waals surface area (Å²) in [4.78, 5) is 15.9. The molecule has 3 N–H and O–H groups in total. The van der Waals surface area contributed by atoms with E-state index in [9.17, 15) is 10.0 Å². The first kappa shape index (κ1) is 19.0. The van der Waals surface area contributed by atoms with Crippen molar-refractivity contribution in [3.8, 4) is 0 Å². The van der Waals surface area contributed by atoms with Crippen LogP contribution >= 0.6 is 11.6 Å².